The molecule has 2 N–H and O–H groups in total. The van der Waals surface area contributed by atoms with Crippen LogP contribution in [0.25, 0.3) is 0 Å². The van der Waals surface area contributed by atoms with E-state index in [-0.39, 0.29) is 22.9 Å². The second-order valence-electron chi connectivity index (χ2n) is 5.11. The molecule has 1 aliphatic rings. The molecule has 1 heterocycles. The lowest BCUT2D eigenvalue weighted by atomic mass is 9.93. The van der Waals surface area contributed by atoms with E-state index in [9.17, 15) is 9.59 Å². The van der Waals surface area contributed by atoms with E-state index in [0.29, 0.717) is 11.8 Å². The highest BCUT2D eigenvalue weighted by atomic mass is 16.2. The average molecular weight is 248 g/mol. The summed E-state index contributed by atoms with van der Waals surface area (Å²) in [7, 11) is 0. The number of rotatable bonds is 3. The summed E-state index contributed by atoms with van der Waals surface area (Å²) in [5.41, 5.74) is -0.0337. The molecule has 2 rings (SSSR count). The zero-order valence-electron chi connectivity index (χ0n) is 10.9. The van der Waals surface area contributed by atoms with Crippen molar-refractivity contribution < 1.29 is 4.79 Å². The van der Waals surface area contributed by atoms with Gasteiger partial charge in [0.15, 0.2) is 5.43 Å². The zero-order valence-corrected chi connectivity index (χ0v) is 10.9. The number of amides is 1. The van der Waals surface area contributed by atoms with Crippen LogP contribution < -0.4 is 10.7 Å². The molecule has 1 aliphatic carbocycles. The SMILES string of the molecule is CCC1CCC(NC(=O)c2c[nH]ccc2=O)C1C. The predicted octanol–water partition coefficient (Wildman–Crippen LogP) is 1.93. The van der Waals surface area contributed by atoms with Gasteiger partial charge in [-0.15, -0.1) is 0 Å². The van der Waals surface area contributed by atoms with Crippen molar-refractivity contribution in [1.82, 2.24) is 10.3 Å². The third-order valence-corrected chi connectivity index (χ3v) is 4.14. The number of carbonyl (C=O) groups excluding carboxylic acids is 1. The van der Waals surface area contributed by atoms with E-state index in [4.69, 9.17) is 0 Å². The van der Waals surface area contributed by atoms with Crippen LogP contribution in [0.4, 0.5) is 0 Å². The van der Waals surface area contributed by atoms with Crippen LogP contribution in [0.1, 0.15) is 43.5 Å². The molecule has 98 valence electrons. The summed E-state index contributed by atoms with van der Waals surface area (Å²) in [5.74, 6) is 0.913. The lowest BCUT2D eigenvalue weighted by Crippen LogP contribution is -2.39. The Morgan fingerprint density at radius 3 is 2.89 bits per heavy atom. The monoisotopic (exact) mass is 248 g/mol. The minimum absolute atomic E-state index is 0.196. The van der Waals surface area contributed by atoms with Crippen LogP contribution in [0, 0.1) is 11.8 Å². The Bertz CT molecular complexity index is 481. The lowest BCUT2D eigenvalue weighted by Gasteiger charge is -2.20. The van der Waals surface area contributed by atoms with Crippen molar-refractivity contribution in [3.05, 3.63) is 34.2 Å². The van der Waals surface area contributed by atoms with E-state index in [1.165, 1.54) is 18.5 Å². The van der Waals surface area contributed by atoms with Gasteiger partial charge in [-0.25, -0.2) is 0 Å². The van der Waals surface area contributed by atoms with Crippen molar-refractivity contribution >= 4 is 5.91 Å². The molecule has 4 heteroatoms. The Morgan fingerprint density at radius 1 is 1.50 bits per heavy atom. The molecule has 1 aromatic rings. The van der Waals surface area contributed by atoms with Crippen molar-refractivity contribution in [2.45, 2.75) is 39.2 Å². The van der Waals surface area contributed by atoms with Gasteiger partial charge in [-0.05, 0) is 24.7 Å². The van der Waals surface area contributed by atoms with Gasteiger partial charge in [0, 0.05) is 24.5 Å². The number of nitrogens with one attached hydrogen (secondary N) is 2. The number of hydrogen-bond acceptors (Lipinski definition) is 2. The van der Waals surface area contributed by atoms with Gasteiger partial charge in [-0.3, -0.25) is 9.59 Å². The molecule has 1 saturated carbocycles. The van der Waals surface area contributed by atoms with E-state index in [2.05, 4.69) is 24.1 Å². The van der Waals surface area contributed by atoms with Crippen molar-refractivity contribution in [3.8, 4) is 0 Å². The highest BCUT2D eigenvalue weighted by Crippen LogP contribution is 2.33. The van der Waals surface area contributed by atoms with Crippen molar-refractivity contribution in [3.63, 3.8) is 0 Å². The first-order chi connectivity index (χ1) is 8.63. The van der Waals surface area contributed by atoms with Gasteiger partial charge in [0.2, 0.25) is 0 Å². The first kappa shape index (κ1) is 12.9. The van der Waals surface area contributed by atoms with Crippen LogP contribution in [-0.4, -0.2) is 16.9 Å². The fraction of sp³-hybridized carbons (Fsp3) is 0.571. The Morgan fingerprint density at radius 2 is 2.28 bits per heavy atom. The van der Waals surface area contributed by atoms with Crippen molar-refractivity contribution in [2.75, 3.05) is 0 Å². The number of aromatic amines is 1. The van der Waals surface area contributed by atoms with Crippen LogP contribution >= 0.6 is 0 Å². The zero-order chi connectivity index (χ0) is 13.1. The van der Waals surface area contributed by atoms with Crippen LogP contribution in [-0.2, 0) is 0 Å². The molecule has 1 fully saturated rings. The number of aromatic nitrogens is 1. The Balaban J connectivity index is 2.05. The highest BCUT2D eigenvalue weighted by molar-refractivity contribution is 5.93. The first-order valence-electron chi connectivity index (χ1n) is 6.61. The molecule has 0 aliphatic heterocycles. The maximum absolute atomic E-state index is 12.0. The topological polar surface area (TPSA) is 62.0 Å². The average Bonchev–Trinajstić information content (AvgIpc) is 2.71. The van der Waals surface area contributed by atoms with E-state index in [0.717, 1.165) is 19.3 Å². The van der Waals surface area contributed by atoms with Crippen molar-refractivity contribution in [2.24, 2.45) is 11.8 Å². The second kappa shape index (κ2) is 5.38. The maximum atomic E-state index is 12.0. The molecule has 3 atom stereocenters. The standard InChI is InChI=1S/C14H20N2O2/c1-3-10-4-5-12(9(10)2)16-14(18)11-8-15-7-6-13(11)17/h6-10,12H,3-5H2,1-2H3,(H,15,17)(H,16,18). The molecular formula is C14H20N2O2. The molecular weight excluding hydrogens is 228 g/mol. The fourth-order valence-electron chi connectivity index (χ4n) is 2.87. The van der Waals surface area contributed by atoms with E-state index >= 15 is 0 Å². The molecule has 4 nitrogen and oxygen atoms in total. The highest BCUT2D eigenvalue weighted by Gasteiger charge is 2.32. The fourth-order valence-corrected chi connectivity index (χ4v) is 2.87. The molecule has 0 saturated heterocycles. The smallest absolute Gasteiger partial charge is 0.256 e. The Labute approximate surface area is 107 Å². The van der Waals surface area contributed by atoms with Gasteiger partial charge in [0.25, 0.3) is 5.91 Å². The lowest BCUT2D eigenvalue weighted by molar-refractivity contribution is 0.0925. The van der Waals surface area contributed by atoms with Crippen LogP contribution in [0.3, 0.4) is 0 Å². The maximum Gasteiger partial charge on any atom is 0.256 e. The van der Waals surface area contributed by atoms with E-state index in [1.54, 1.807) is 0 Å². The summed E-state index contributed by atoms with van der Waals surface area (Å²) in [4.78, 5) is 26.4. The summed E-state index contributed by atoms with van der Waals surface area (Å²) >= 11 is 0. The van der Waals surface area contributed by atoms with Crippen LogP contribution in [0.2, 0.25) is 0 Å². The second-order valence-corrected chi connectivity index (χ2v) is 5.11. The minimum Gasteiger partial charge on any atom is -0.367 e. The minimum atomic E-state index is -0.259. The number of hydrogen-bond donors (Lipinski definition) is 2. The van der Waals surface area contributed by atoms with Gasteiger partial charge < -0.3 is 10.3 Å². The number of H-pyrrole nitrogens is 1. The van der Waals surface area contributed by atoms with Crippen molar-refractivity contribution in [1.29, 1.82) is 0 Å². The number of carbonyl (C=O) groups is 1. The largest absolute Gasteiger partial charge is 0.367 e. The molecule has 0 radical (unpaired) electrons. The van der Waals surface area contributed by atoms with E-state index < -0.39 is 0 Å². The van der Waals surface area contributed by atoms with E-state index in [1.807, 2.05) is 0 Å². The molecule has 1 amide bonds. The third kappa shape index (κ3) is 2.47. The van der Waals surface area contributed by atoms with Crippen LogP contribution in [0.15, 0.2) is 23.3 Å². The summed E-state index contributed by atoms with van der Waals surface area (Å²) in [5, 5.41) is 2.99. The first-order valence-corrected chi connectivity index (χ1v) is 6.61. The summed E-state index contributed by atoms with van der Waals surface area (Å²) in [6, 6.07) is 1.57. The molecule has 0 aromatic carbocycles. The van der Waals surface area contributed by atoms with Gasteiger partial charge in [0.05, 0.1) is 0 Å². The summed E-state index contributed by atoms with van der Waals surface area (Å²) < 4.78 is 0. The summed E-state index contributed by atoms with van der Waals surface area (Å²) in [6.45, 7) is 4.37. The predicted molar refractivity (Wildman–Crippen MR) is 70.5 cm³/mol. The third-order valence-electron chi connectivity index (χ3n) is 4.14. The number of pyridine rings is 1. The Hall–Kier alpha value is -1.58. The van der Waals surface area contributed by atoms with Gasteiger partial charge in [0.1, 0.15) is 5.56 Å². The Kier molecular flexibility index (Phi) is 3.84. The quantitative estimate of drug-likeness (QED) is 0.858. The van der Waals surface area contributed by atoms with Gasteiger partial charge in [-0.1, -0.05) is 20.3 Å². The van der Waals surface area contributed by atoms with Crippen LogP contribution in [0.5, 0.6) is 0 Å². The molecule has 0 spiro atoms. The molecule has 0 bridgehead atoms. The van der Waals surface area contributed by atoms with Gasteiger partial charge in [-0.2, -0.15) is 0 Å². The summed E-state index contributed by atoms with van der Waals surface area (Å²) in [6.07, 6.45) is 6.32. The molecule has 18 heavy (non-hydrogen) atoms. The molecule has 1 aromatic heterocycles. The normalized spacial score (nSPS) is 27.1. The molecule has 3 unspecified atom stereocenters. The van der Waals surface area contributed by atoms with Gasteiger partial charge >= 0.3 is 0 Å².